The fourth-order valence-electron chi connectivity index (χ4n) is 1.75. The third kappa shape index (κ3) is 2.51. The molecule has 0 amide bonds. The number of rotatable bonds is 2. The number of hydrogen-bond donors (Lipinski definition) is 0. The van der Waals surface area contributed by atoms with Crippen LogP contribution in [0.1, 0.15) is 15.9 Å². The minimum Gasteiger partial charge on any atom is -0.465 e. The first kappa shape index (κ1) is 12.6. The van der Waals surface area contributed by atoms with Crippen molar-refractivity contribution in [2.45, 2.75) is 6.92 Å². The van der Waals surface area contributed by atoms with Gasteiger partial charge in [0, 0.05) is 16.8 Å². The molecule has 1 heterocycles. The van der Waals surface area contributed by atoms with Crippen LogP contribution in [0.15, 0.2) is 36.5 Å². The van der Waals surface area contributed by atoms with Crippen molar-refractivity contribution in [3.05, 3.63) is 52.7 Å². The molecule has 92 valence electrons. The van der Waals surface area contributed by atoms with Gasteiger partial charge in [-0.1, -0.05) is 17.7 Å². The van der Waals surface area contributed by atoms with Crippen LogP contribution in [-0.2, 0) is 4.74 Å². The molecule has 0 spiro atoms. The second-order valence-electron chi connectivity index (χ2n) is 3.88. The smallest absolute Gasteiger partial charge is 0.337 e. The molecule has 0 aliphatic heterocycles. The average molecular weight is 262 g/mol. The second kappa shape index (κ2) is 5.19. The summed E-state index contributed by atoms with van der Waals surface area (Å²) >= 11 is 5.94. The van der Waals surface area contributed by atoms with Crippen molar-refractivity contribution in [3.63, 3.8) is 0 Å². The van der Waals surface area contributed by atoms with Gasteiger partial charge in [-0.15, -0.1) is 0 Å². The van der Waals surface area contributed by atoms with E-state index in [-0.39, 0.29) is 5.97 Å². The molecule has 0 radical (unpaired) electrons. The summed E-state index contributed by atoms with van der Waals surface area (Å²) < 4.78 is 4.68. The van der Waals surface area contributed by atoms with Crippen molar-refractivity contribution in [1.29, 1.82) is 0 Å². The molecule has 0 saturated carbocycles. The van der Waals surface area contributed by atoms with Crippen molar-refractivity contribution in [2.24, 2.45) is 0 Å². The Labute approximate surface area is 110 Å². The van der Waals surface area contributed by atoms with Gasteiger partial charge in [0.05, 0.1) is 18.4 Å². The predicted molar refractivity (Wildman–Crippen MR) is 70.8 cm³/mol. The number of ether oxygens (including phenoxy) is 1. The lowest BCUT2D eigenvalue weighted by atomic mass is 10.0. The van der Waals surface area contributed by atoms with Gasteiger partial charge in [-0.25, -0.2) is 4.79 Å². The molecule has 0 saturated heterocycles. The first-order valence-electron chi connectivity index (χ1n) is 5.42. The van der Waals surface area contributed by atoms with Crippen LogP contribution in [0, 0.1) is 6.92 Å². The van der Waals surface area contributed by atoms with Crippen LogP contribution in [0.5, 0.6) is 0 Å². The summed E-state index contributed by atoms with van der Waals surface area (Å²) in [6.45, 7) is 1.92. The van der Waals surface area contributed by atoms with Crippen molar-refractivity contribution in [3.8, 4) is 11.3 Å². The molecule has 0 atom stereocenters. The van der Waals surface area contributed by atoms with E-state index >= 15 is 0 Å². The minimum atomic E-state index is -0.344. The Balaban J connectivity index is 2.45. The van der Waals surface area contributed by atoms with E-state index in [1.54, 1.807) is 30.5 Å². The van der Waals surface area contributed by atoms with Crippen LogP contribution in [0.25, 0.3) is 11.3 Å². The zero-order chi connectivity index (χ0) is 13.1. The molecular weight excluding hydrogens is 250 g/mol. The lowest BCUT2D eigenvalue weighted by Crippen LogP contribution is -2.01. The Kier molecular flexibility index (Phi) is 3.63. The van der Waals surface area contributed by atoms with Gasteiger partial charge in [-0.05, 0) is 36.8 Å². The summed E-state index contributed by atoms with van der Waals surface area (Å²) in [6.07, 6.45) is 1.66. The highest BCUT2D eigenvalue weighted by molar-refractivity contribution is 6.30. The summed E-state index contributed by atoms with van der Waals surface area (Å²) in [5.74, 6) is -0.344. The van der Waals surface area contributed by atoms with Gasteiger partial charge in [0.25, 0.3) is 0 Å². The average Bonchev–Trinajstić information content (AvgIpc) is 2.37. The predicted octanol–water partition coefficient (Wildman–Crippen LogP) is 3.50. The minimum absolute atomic E-state index is 0.344. The first-order chi connectivity index (χ1) is 8.61. The number of methoxy groups -OCH3 is 1. The molecule has 0 bridgehead atoms. The third-order valence-electron chi connectivity index (χ3n) is 2.65. The van der Waals surface area contributed by atoms with Crippen molar-refractivity contribution >= 4 is 17.6 Å². The lowest BCUT2D eigenvalue weighted by Gasteiger charge is -2.07. The maximum Gasteiger partial charge on any atom is 0.337 e. The van der Waals surface area contributed by atoms with E-state index in [4.69, 9.17) is 11.6 Å². The highest BCUT2D eigenvalue weighted by atomic mass is 35.5. The quantitative estimate of drug-likeness (QED) is 0.777. The molecule has 0 N–H and O–H groups in total. The van der Waals surface area contributed by atoms with E-state index < -0.39 is 0 Å². The number of carbonyl (C=O) groups is 1. The summed E-state index contributed by atoms with van der Waals surface area (Å²) in [5, 5.41) is 0.636. The van der Waals surface area contributed by atoms with Gasteiger partial charge in [0.2, 0.25) is 0 Å². The maximum absolute atomic E-state index is 11.4. The van der Waals surface area contributed by atoms with E-state index in [2.05, 4.69) is 9.72 Å². The number of aryl methyl sites for hydroxylation is 1. The topological polar surface area (TPSA) is 39.2 Å². The highest BCUT2D eigenvalue weighted by Gasteiger charge is 2.09. The molecular formula is C14H12ClNO2. The Morgan fingerprint density at radius 2 is 2.06 bits per heavy atom. The molecule has 0 fully saturated rings. The molecule has 0 unspecified atom stereocenters. The van der Waals surface area contributed by atoms with Gasteiger partial charge in [-0.3, -0.25) is 4.98 Å². The number of pyridine rings is 1. The van der Waals surface area contributed by atoms with Crippen LogP contribution >= 0.6 is 11.6 Å². The van der Waals surface area contributed by atoms with Crippen molar-refractivity contribution < 1.29 is 9.53 Å². The lowest BCUT2D eigenvalue weighted by molar-refractivity contribution is 0.0600. The number of aromatic nitrogens is 1. The number of carbonyl (C=O) groups excluding carboxylic acids is 1. The second-order valence-corrected chi connectivity index (χ2v) is 4.32. The monoisotopic (exact) mass is 261 g/mol. The Morgan fingerprint density at radius 1 is 1.28 bits per heavy atom. The van der Waals surface area contributed by atoms with Crippen LogP contribution in [-0.4, -0.2) is 18.1 Å². The van der Waals surface area contributed by atoms with Crippen molar-refractivity contribution in [1.82, 2.24) is 4.98 Å². The molecule has 1 aromatic heterocycles. The summed E-state index contributed by atoms with van der Waals surface area (Å²) in [7, 11) is 1.37. The van der Waals surface area contributed by atoms with Gasteiger partial charge in [0.1, 0.15) is 0 Å². The maximum atomic E-state index is 11.4. The van der Waals surface area contributed by atoms with E-state index in [1.165, 1.54) is 7.11 Å². The fourth-order valence-corrected chi connectivity index (χ4v) is 1.91. The standard InChI is InChI=1S/C14H12ClNO2/c1-9-7-10(14(17)18-2)3-4-12(9)13-8-11(15)5-6-16-13/h3-8H,1-2H3. The zero-order valence-electron chi connectivity index (χ0n) is 10.1. The van der Waals surface area contributed by atoms with Gasteiger partial charge in [-0.2, -0.15) is 0 Å². The van der Waals surface area contributed by atoms with Crippen LogP contribution < -0.4 is 0 Å². The first-order valence-corrected chi connectivity index (χ1v) is 5.80. The van der Waals surface area contributed by atoms with Gasteiger partial charge >= 0.3 is 5.97 Å². The Morgan fingerprint density at radius 3 is 2.67 bits per heavy atom. The Hall–Kier alpha value is -1.87. The molecule has 18 heavy (non-hydrogen) atoms. The number of hydrogen-bond acceptors (Lipinski definition) is 3. The molecule has 1 aromatic carbocycles. The van der Waals surface area contributed by atoms with Crippen molar-refractivity contribution in [2.75, 3.05) is 7.11 Å². The molecule has 2 rings (SSSR count). The fraction of sp³-hybridized carbons (Fsp3) is 0.143. The number of esters is 1. The zero-order valence-corrected chi connectivity index (χ0v) is 10.9. The molecule has 3 nitrogen and oxygen atoms in total. The van der Waals surface area contributed by atoms with E-state index in [0.29, 0.717) is 10.6 Å². The van der Waals surface area contributed by atoms with Crippen LogP contribution in [0.4, 0.5) is 0 Å². The summed E-state index contributed by atoms with van der Waals surface area (Å²) in [4.78, 5) is 15.7. The summed E-state index contributed by atoms with van der Waals surface area (Å²) in [5.41, 5.74) is 3.22. The molecule has 0 aliphatic rings. The SMILES string of the molecule is COC(=O)c1ccc(-c2cc(Cl)ccn2)c(C)c1. The van der Waals surface area contributed by atoms with Crippen LogP contribution in [0.2, 0.25) is 5.02 Å². The van der Waals surface area contributed by atoms with E-state index in [1.807, 2.05) is 13.0 Å². The van der Waals surface area contributed by atoms with E-state index in [9.17, 15) is 4.79 Å². The molecule has 4 heteroatoms. The summed E-state index contributed by atoms with van der Waals surface area (Å²) in [6, 6.07) is 8.87. The normalized spacial score (nSPS) is 10.2. The third-order valence-corrected chi connectivity index (χ3v) is 2.88. The molecule has 2 aromatic rings. The molecule has 0 aliphatic carbocycles. The largest absolute Gasteiger partial charge is 0.465 e. The van der Waals surface area contributed by atoms with Crippen LogP contribution in [0.3, 0.4) is 0 Å². The van der Waals surface area contributed by atoms with E-state index in [0.717, 1.165) is 16.8 Å². The highest BCUT2D eigenvalue weighted by Crippen LogP contribution is 2.24. The number of nitrogens with zero attached hydrogens (tertiary/aromatic N) is 1. The number of halogens is 1. The van der Waals surface area contributed by atoms with Gasteiger partial charge in [0.15, 0.2) is 0 Å². The Bertz CT molecular complexity index is 596. The van der Waals surface area contributed by atoms with Gasteiger partial charge < -0.3 is 4.74 Å². The number of benzene rings is 1.